The molecule has 2 N–H and O–H groups in total. The number of thioether (sulfide) groups is 1. The van der Waals surface area contributed by atoms with Crippen LogP contribution in [0, 0.1) is 5.41 Å². The fourth-order valence-electron chi connectivity index (χ4n) is 2.39. The van der Waals surface area contributed by atoms with Gasteiger partial charge in [0.15, 0.2) is 0 Å². The van der Waals surface area contributed by atoms with Gasteiger partial charge in [0.25, 0.3) is 0 Å². The minimum absolute atomic E-state index is 0. The zero-order chi connectivity index (χ0) is 10.7. The van der Waals surface area contributed by atoms with Gasteiger partial charge >= 0.3 is 0 Å². The number of nitrogens with one attached hydrogen (secondary N) is 2. The molecule has 3 nitrogen and oxygen atoms in total. The van der Waals surface area contributed by atoms with E-state index in [1.165, 1.54) is 25.7 Å². The summed E-state index contributed by atoms with van der Waals surface area (Å²) in [6.45, 7) is 3.14. The molecule has 1 saturated heterocycles. The van der Waals surface area contributed by atoms with Crippen molar-refractivity contribution in [1.82, 2.24) is 10.6 Å². The van der Waals surface area contributed by atoms with Gasteiger partial charge in [-0.3, -0.25) is 10.1 Å². The lowest BCUT2D eigenvalue weighted by atomic mass is 9.89. The van der Waals surface area contributed by atoms with Crippen LogP contribution in [0.15, 0.2) is 0 Å². The largest absolute Gasteiger partial charge is 0.354 e. The SMILES string of the molecule is CC1(CNC(=O)[C@H]2CSCN2)CCCC1.Cl. The summed E-state index contributed by atoms with van der Waals surface area (Å²) >= 11 is 1.80. The smallest absolute Gasteiger partial charge is 0.238 e. The fourth-order valence-corrected chi connectivity index (χ4v) is 3.33. The molecule has 94 valence electrons. The molecule has 1 amide bonds. The van der Waals surface area contributed by atoms with E-state index in [-0.39, 0.29) is 24.4 Å². The van der Waals surface area contributed by atoms with Crippen LogP contribution < -0.4 is 10.6 Å². The van der Waals surface area contributed by atoms with Crippen molar-refractivity contribution < 1.29 is 4.79 Å². The number of amides is 1. The molecule has 0 aromatic carbocycles. The van der Waals surface area contributed by atoms with Crippen molar-refractivity contribution in [1.29, 1.82) is 0 Å². The Kier molecular flexibility index (Phi) is 5.41. The molecule has 2 fully saturated rings. The van der Waals surface area contributed by atoms with Gasteiger partial charge in [-0.2, -0.15) is 0 Å². The number of halogens is 1. The number of carbonyl (C=O) groups excluding carboxylic acids is 1. The third-order valence-electron chi connectivity index (χ3n) is 3.53. The second-order valence-electron chi connectivity index (χ2n) is 5.01. The Balaban J connectivity index is 0.00000128. The normalized spacial score (nSPS) is 27.4. The molecule has 2 rings (SSSR count). The molecule has 0 spiro atoms. The Morgan fingerprint density at radius 3 is 2.75 bits per heavy atom. The Morgan fingerprint density at radius 1 is 1.50 bits per heavy atom. The maximum Gasteiger partial charge on any atom is 0.238 e. The molecule has 0 radical (unpaired) electrons. The lowest BCUT2D eigenvalue weighted by Gasteiger charge is -2.24. The zero-order valence-electron chi connectivity index (χ0n) is 9.75. The molecule has 1 aliphatic heterocycles. The van der Waals surface area contributed by atoms with E-state index in [1.54, 1.807) is 11.8 Å². The summed E-state index contributed by atoms with van der Waals surface area (Å²) in [4.78, 5) is 11.8. The summed E-state index contributed by atoms with van der Waals surface area (Å²) in [6, 6.07) is 0.0417. The lowest BCUT2D eigenvalue weighted by Crippen LogP contribution is -2.45. The van der Waals surface area contributed by atoms with E-state index in [1.807, 2.05) is 0 Å². The minimum atomic E-state index is 0. The predicted octanol–water partition coefficient (Wildman–Crippen LogP) is 1.77. The molecule has 1 atom stereocenters. The molecule has 0 bridgehead atoms. The van der Waals surface area contributed by atoms with Gasteiger partial charge in [0, 0.05) is 18.2 Å². The van der Waals surface area contributed by atoms with Crippen molar-refractivity contribution in [3.05, 3.63) is 0 Å². The van der Waals surface area contributed by atoms with Crippen LogP contribution in [0.4, 0.5) is 0 Å². The molecule has 0 aromatic rings. The third-order valence-corrected chi connectivity index (χ3v) is 4.47. The van der Waals surface area contributed by atoms with Gasteiger partial charge in [-0.1, -0.05) is 19.8 Å². The van der Waals surface area contributed by atoms with Crippen molar-refractivity contribution in [2.75, 3.05) is 18.2 Å². The van der Waals surface area contributed by atoms with Crippen LogP contribution in [0.5, 0.6) is 0 Å². The number of hydrogen-bond acceptors (Lipinski definition) is 3. The Hall–Kier alpha value is 0.0700. The van der Waals surface area contributed by atoms with E-state index in [0.29, 0.717) is 5.41 Å². The Labute approximate surface area is 108 Å². The van der Waals surface area contributed by atoms with Crippen LogP contribution >= 0.6 is 24.2 Å². The monoisotopic (exact) mass is 264 g/mol. The van der Waals surface area contributed by atoms with Crippen molar-refractivity contribution in [3.63, 3.8) is 0 Å². The topological polar surface area (TPSA) is 41.1 Å². The van der Waals surface area contributed by atoms with Gasteiger partial charge in [-0.15, -0.1) is 24.2 Å². The van der Waals surface area contributed by atoms with Crippen LogP contribution in [-0.2, 0) is 4.79 Å². The van der Waals surface area contributed by atoms with E-state index >= 15 is 0 Å². The molecular weight excluding hydrogens is 244 g/mol. The highest BCUT2D eigenvalue weighted by molar-refractivity contribution is 7.99. The van der Waals surface area contributed by atoms with E-state index in [0.717, 1.165) is 18.2 Å². The molecule has 1 heterocycles. The Morgan fingerprint density at radius 2 is 2.19 bits per heavy atom. The summed E-state index contributed by atoms with van der Waals surface area (Å²) < 4.78 is 0. The van der Waals surface area contributed by atoms with Crippen LogP contribution in [-0.4, -0.2) is 30.1 Å². The number of carbonyl (C=O) groups is 1. The quantitative estimate of drug-likeness (QED) is 0.816. The van der Waals surface area contributed by atoms with E-state index < -0.39 is 0 Å². The summed E-state index contributed by atoms with van der Waals surface area (Å²) in [5.41, 5.74) is 0.363. The molecule has 0 unspecified atom stereocenters. The summed E-state index contributed by atoms with van der Waals surface area (Å²) in [5, 5.41) is 6.29. The van der Waals surface area contributed by atoms with Crippen LogP contribution in [0.2, 0.25) is 0 Å². The van der Waals surface area contributed by atoms with Crippen molar-refractivity contribution in [2.24, 2.45) is 5.41 Å². The average Bonchev–Trinajstić information content (AvgIpc) is 2.85. The second kappa shape index (κ2) is 6.12. The second-order valence-corrected chi connectivity index (χ2v) is 6.04. The molecular formula is C11H21ClN2OS. The molecule has 1 aliphatic carbocycles. The zero-order valence-corrected chi connectivity index (χ0v) is 11.4. The van der Waals surface area contributed by atoms with Gasteiger partial charge in [-0.25, -0.2) is 0 Å². The van der Waals surface area contributed by atoms with Gasteiger partial charge < -0.3 is 5.32 Å². The maximum absolute atomic E-state index is 11.8. The highest BCUT2D eigenvalue weighted by Gasteiger charge is 2.30. The summed E-state index contributed by atoms with van der Waals surface area (Å²) in [6.07, 6.45) is 5.17. The highest BCUT2D eigenvalue weighted by Crippen LogP contribution is 2.36. The summed E-state index contributed by atoms with van der Waals surface area (Å²) in [7, 11) is 0. The van der Waals surface area contributed by atoms with Crippen LogP contribution in [0.3, 0.4) is 0 Å². The third kappa shape index (κ3) is 3.54. The first-order chi connectivity index (χ1) is 7.20. The molecule has 1 saturated carbocycles. The van der Waals surface area contributed by atoms with E-state index in [4.69, 9.17) is 0 Å². The minimum Gasteiger partial charge on any atom is -0.354 e. The molecule has 5 heteroatoms. The standard InChI is InChI=1S/C11H20N2OS.ClH/c1-11(4-2-3-5-11)7-12-10(14)9-6-15-8-13-9;/h9,13H,2-8H2,1H3,(H,12,14);1H/t9-;/m1./s1. The number of hydrogen-bond donors (Lipinski definition) is 2. The fraction of sp³-hybridized carbons (Fsp3) is 0.909. The first-order valence-electron chi connectivity index (χ1n) is 5.78. The van der Waals surface area contributed by atoms with Crippen molar-refractivity contribution in [3.8, 4) is 0 Å². The maximum atomic E-state index is 11.8. The molecule has 16 heavy (non-hydrogen) atoms. The van der Waals surface area contributed by atoms with Crippen LogP contribution in [0.25, 0.3) is 0 Å². The summed E-state index contributed by atoms with van der Waals surface area (Å²) in [5.74, 6) is 2.02. The van der Waals surface area contributed by atoms with Crippen LogP contribution in [0.1, 0.15) is 32.6 Å². The predicted molar refractivity (Wildman–Crippen MR) is 71.1 cm³/mol. The Bertz CT molecular complexity index is 238. The van der Waals surface area contributed by atoms with E-state index in [2.05, 4.69) is 17.6 Å². The van der Waals surface area contributed by atoms with Crippen molar-refractivity contribution >= 4 is 30.1 Å². The van der Waals surface area contributed by atoms with Crippen molar-refractivity contribution in [2.45, 2.75) is 38.6 Å². The first-order valence-corrected chi connectivity index (χ1v) is 6.94. The highest BCUT2D eigenvalue weighted by atomic mass is 35.5. The first kappa shape index (κ1) is 14.1. The van der Waals surface area contributed by atoms with Gasteiger partial charge in [0.05, 0.1) is 6.04 Å². The molecule has 0 aromatic heterocycles. The average molecular weight is 265 g/mol. The van der Waals surface area contributed by atoms with Gasteiger partial charge in [0.1, 0.15) is 0 Å². The van der Waals surface area contributed by atoms with Gasteiger partial charge in [-0.05, 0) is 18.3 Å². The van der Waals surface area contributed by atoms with E-state index in [9.17, 15) is 4.79 Å². The molecule has 2 aliphatic rings. The number of rotatable bonds is 3. The lowest BCUT2D eigenvalue weighted by molar-refractivity contribution is -0.122. The van der Waals surface area contributed by atoms with Gasteiger partial charge in [0.2, 0.25) is 5.91 Å².